The summed E-state index contributed by atoms with van der Waals surface area (Å²) >= 11 is 0. The Morgan fingerprint density at radius 3 is 1.15 bits per heavy atom. The fourth-order valence-electron chi connectivity index (χ4n) is 8.18. The second-order valence-electron chi connectivity index (χ2n) is 18.2. The average Bonchev–Trinajstić information content (AvgIpc) is 3.60. The molecule has 2 fully saturated rings. The van der Waals surface area contributed by atoms with E-state index in [2.05, 4.69) is 24.8 Å². The Kier molecular flexibility index (Phi) is 20.1. The predicted octanol–water partition coefficient (Wildman–Crippen LogP) is 12.0. The Labute approximate surface area is 486 Å². The molecule has 0 atom stereocenters. The number of ether oxygens (including phenoxy) is 4. The van der Waals surface area contributed by atoms with E-state index in [9.17, 15) is 61.5 Å². The van der Waals surface area contributed by atoms with Gasteiger partial charge in [0.15, 0.2) is 0 Å². The Bertz CT molecular complexity index is 3790. The normalized spacial score (nSPS) is 13.9. The highest BCUT2D eigenvalue weighted by molar-refractivity contribution is 8.13. The number of carbonyl (C=O) groups is 2. The van der Waals surface area contributed by atoms with E-state index in [0.717, 1.165) is 78.4 Å². The molecule has 6 aromatic carbocycles. The van der Waals surface area contributed by atoms with Gasteiger partial charge in [-0.15, -0.1) is 26.3 Å². The zero-order valence-electron chi connectivity index (χ0n) is 44.0. The maximum atomic E-state index is 13.2. The third-order valence-corrected chi connectivity index (χ3v) is 15.6. The van der Waals surface area contributed by atoms with Crippen molar-refractivity contribution < 1.29 is 80.5 Å². The molecule has 10 rings (SSSR count). The van der Waals surface area contributed by atoms with Crippen molar-refractivity contribution >= 4 is 41.6 Å². The summed E-state index contributed by atoms with van der Waals surface area (Å²) in [6.45, 7) is 3.22. The van der Waals surface area contributed by atoms with Crippen LogP contribution in [-0.4, -0.2) is 118 Å². The number of nitrogens with zero attached hydrogens (tertiary/aromatic N) is 5. The van der Waals surface area contributed by atoms with Crippen LogP contribution >= 0.6 is 10.7 Å². The minimum Gasteiger partial charge on any atom is -0.457 e. The number of nitrogens with one attached hydrogen (secondary N) is 1. The summed E-state index contributed by atoms with van der Waals surface area (Å²) in [4.78, 5) is 37.7. The Hall–Kier alpha value is -8.69. The number of hydrogen-bond donors (Lipinski definition) is 1. The Morgan fingerprint density at radius 2 is 0.788 bits per heavy atom. The van der Waals surface area contributed by atoms with Gasteiger partial charge in [-0.2, -0.15) is 4.31 Å². The summed E-state index contributed by atoms with van der Waals surface area (Å²) in [5.41, 5.74) is 3.55. The number of amides is 2. The van der Waals surface area contributed by atoms with Gasteiger partial charge in [0.05, 0.1) is 21.2 Å². The van der Waals surface area contributed by atoms with Crippen LogP contribution in [0, 0.1) is 11.6 Å². The highest BCUT2D eigenvalue weighted by atomic mass is 35.7. The van der Waals surface area contributed by atoms with E-state index in [1.807, 2.05) is 41.3 Å². The molecule has 0 bridgehead atoms. The third kappa shape index (κ3) is 18.2. The Morgan fingerprint density at radius 1 is 0.447 bits per heavy atom. The molecule has 444 valence electrons. The molecular formula is C58H47ClF8N6O10S2. The molecule has 2 aromatic heterocycles. The lowest BCUT2D eigenvalue weighted by atomic mass is 10.1. The number of halogens is 9. The first-order valence-corrected chi connectivity index (χ1v) is 29.1. The number of sulfonamides is 1. The number of benzene rings is 6. The lowest BCUT2D eigenvalue weighted by Crippen LogP contribution is -2.50. The summed E-state index contributed by atoms with van der Waals surface area (Å²) in [5.74, 6) is 0.124. The van der Waals surface area contributed by atoms with Crippen molar-refractivity contribution in [1.82, 2.24) is 29.4 Å². The molecule has 27 heteroatoms. The molecule has 2 amide bonds. The van der Waals surface area contributed by atoms with Crippen LogP contribution in [-0.2, 0) is 19.1 Å². The molecule has 2 saturated heterocycles. The van der Waals surface area contributed by atoms with E-state index in [1.165, 1.54) is 45.6 Å². The number of aromatic nitrogens is 2. The van der Waals surface area contributed by atoms with E-state index >= 15 is 0 Å². The number of pyridine rings is 2. The first-order valence-electron chi connectivity index (χ1n) is 25.3. The van der Waals surface area contributed by atoms with Crippen molar-refractivity contribution in [2.75, 3.05) is 52.4 Å². The smallest absolute Gasteiger partial charge is 0.457 e. The van der Waals surface area contributed by atoms with Crippen molar-refractivity contribution in [2.24, 2.45) is 0 Å². The van der Waals surface area contributed by atoms with Gasteiger partial charge in [0.1, 0.15) is 57.5 Å². The molecule has 2 aliphatic heterocycles. The maximum Gasteiger partial charge on any atom is 0.573 e. The zero-order valence-corrected chi connectivity index (χ0v) is 46.4. The minimum atomic E-state index is -4.89. The zero-order chi connectivity index (χ0) is 60.9. The van der Waals surface area contributed by atoms with Crippen molar-refractivity contribution in [2.45, 2.75) is 22.5 Å². The molecule has 1 N–H and O–H groups in total. The Balaban J connectivity index is 0.000000187. The van der Waals surface area contributed by atoms with E-state index < -0.39 is 43.3 Å². The fraction of sp³-hybridized carbons (Fsp3) is 0.172. The van der Waals surface area contributed by atoms with Crippen LogP contribution in [0.1, 0.15) is 21.0 Å². The highest BCUT2D eigenvalue weighted by Gasteiger charge is 2.34. The summed E-state index contributed by atoms with van der Waals surface area (Å²) < 4.78 is 166. The van der Waals surface area contributed by atoms with E-state index in [4.69, 9.17) is 20.2 Å². The van der Waals surface area contributed by atoms with Crippen molar-refractivity contribution in [3.8, 4) is 57.0 Å². The van der Waals surface area contributed by atoms with Gasteiger partial charge in [0.25, 0.3) is 20.9 Å². The van der Waals surface area contributed by atoms with Crippen molar-refractivity contribution in [3.63, 3.8) is 0 Å². The molecular weight excluding hydrogens is 1190 g/mol. The average molecular weight is 1240 g/mol. The monoisotopic (exact) mass is 1240 g/mol. The topological polar surface area (TPSA) is 187 Å². The van der Waals surface area contributed by atoms with E-state index in [0.29, 0.717) is 47.5 Å². The second-order valence-corrected chi connectivity index (χ2v) is 22.7. The molecule has 4 heterocycles. The molecule has 8 aromatic rings. The van der Waals surface area contributed by atoms with Crippen LogP contribution in [0.25, 0.3) is 22.5 Å². The van der Waals surface area contributed by atoms with Crippen LogP contribution in [0.15, 0.2) is 192 Å². The van der Waals surface area contributed by atoms with Crippen molar-refractivity contribution in [1.29, 1.82) is 0 Å². The van der Waals surface area contributed by atoms with Gasteiger partial charge in [-0.25, -0.2) is 35.6 Å². The van der Waals surface area contributed by atoms with Gasteiger partial charge in [-0.1, -0.05) is 12.1 Å². The largest absolute Gasteiger partial charge is 0.573 e. The maximum absolute atomic E-state index is 13.2. The summed E-state index contributed by atoms with van der Waals surface area (Å²) in [5, 5.41) is 3.24. The first kappa shape index (κ1) is 62.4. The lowest BCUT2D eigenvalue weighted by Gasteiger charge is -2.33. The molecule has 0 unspecified atom stereocenters. The number of carbonyl (C=O) groups excluding carboxylic acids is 2. The van der Waals surface area contributed by atoms with Gasteiger partial charge >= 0.3 is 12.7 Å². The van der Waals surface area contributed by atoms with Crippen LogP contribution < -0.4 is 24.3 Å². The molecule has 0 saturated carbocycles. The van der Waals surface area contributed by atoms with Gasteiger partial charge in [-0.3, -0.25) is 9.59 Å². The minimum absolute atomic E-state index is 0.00405. The number of alkyl halides is 6. The first-order chi connectivity index (χ1) is 40.3. The highest BCUT2D eigenvalue weighted by Crippen LogP contribution is 2.30. The van der Waals surface area contributed by atoms with Crippen LogP contribution in [0.5, 0.6) is 34.5 Å². The van der Waals surface area contributed by atoms with Crippen LogP contribution in [0.3, 0.4) is 0 Å². The molecule has 0 radical (unpaired) electrons. The molecule has 0 aliphatic carbocycles. The van der Waals surface area contributed by atoms with Gasteiger partial charge < -0.3 is 34.1 Å². The lowest BCUT2D eigenvalue weighted by molar-refractivity contribution is -0.275. The number of rotatable bonds is 13. The van der Waals surface area contributed by atoms with Crippen LogP contribution in [0.4, 0.5) is 35.1 Å². The van der Waals surface area contributed by atoms with Gasteiger partial charge in [-0.05, 0) is 170 Å². The molecule has 2 aliphatic rings. The molecule has 16 nitrogen and oxygen atoms in total. The standard InChI is InChI=1S/C29H23F4N3O5S.C22H20FN3O2.C7H4ClF3O3S/c30-21-6-10-23(11-7-21)40-22-8-4-20(5-9-22)26-2-1-3-27(34-26)28(37)35-16-18-36(19-17-35)42(38,39)25-14-12-24(13-15-25)41-29(31,32)33;23-17-6-10-19(11-7-17)28-18-8-4-16(5-9-18)20-2-1-3-21(25-20)22(27)26-14-12-24-13-15-26;8-15(12,13)6-3-1-5(2-4-6)14-7(9,10)11/h1-15H,16-19H2;1-11,24H,12-15H2;1-4H. The van der Waals surface area contributed by atoms with E-state index in [-0.39, 0.29) is 65.1 Å². The molecule has 85 heavy (non-hydrogen) atoms. The fourth-order valence-corrected chi connectivity index (χ4v) is 10.4. The predicted molar refractivity (Wildman–Crippen MR) is 295 cm³/mol. The second kappa shape index (κ2) is 27.3. The third-order valence-electron chi connectivity index (χ3n) is 12.3. The van der Waals surface area contributed by atoms with Crippen molar-refractivity contribution in [3.05, 3.63) is 205 Å². The SMILES string of the molecule is O=C(c1cccc(-c2ccc(Oc3ccc(F)cc3)cc2)n1)N1CCN(S(=O)(=O)c2ccc(OC(F)(F)F)cc2)CC1.O=C(c1cccc(-c2ccc(Oc3ccc(F)cc3)cc2)n1)N1CCNCC1.O=S(=O)(Cl)c1ccc(OC(F)(F)F)cc1. The number of piperazine rings is 2. The van der Waals surface area contributed by atoms with Gasteiger partial charge in [0, 0.05) is 74.2 Å². The summed E-state index contributed by atoms with van der Waals surface area (Å²) in [7, 11) is -2.96. The van der Waals surface area contributed by atoms with E-state index in [1.54, 1.807) is 60.7 Å². The number of hydrogen-bond acceptors (Lipinski definition) is 13. The van der Waals surface area contributed by atoms with Crippen LogP contribution in [0.2, 0.25) is 0 Å². The summed E-state index contributed by atoms with van der Waals surface area (Å²) in [6.07, 6.45) is -9.69. The molecule has 0 spiro atoms. The summed E-state index contributed by atoms with van der Waals surface area (Å²) in [6, 6.07) is 44.0. The van der Waals surface area contributed by atoms with Gasteiger partial charge in [0.2, 0.25) is 10.0 Å². The quantitative estimate of drug-likeness (QED) is 0.0849.